The van der Waals surface area contributed by atoms with Gasteiger partial charge in [-0.3, -0.25) is 4.79 Å². The Labute approximate surface area is 322 Å². The van der Waals surface area contributed by atoms with Crippen LogP contribution in [0.1, 0.15) is 168 Å². The second-order valence-electron chi connectivity index (χ2n) is 15.1. The summed E-state index contributed by atoms with van der Waals surface area (Å²) in [6.45, 7) is 5.70. The van der Waals surface area contributed by atoms with E-state index in [1.807, 2.05) is 6.08 Å². The highest BCUT2D eigenvalue weighted by Crippen LogP contribution is 2.22. The van der Waals surface area contributed by atoms with Gasteiger partial charge in [-0.15, -0.1) is 0 Å². The topological polar surface area (TPSA) is 169 Å². The number of nitrogens with one attached hydrogen (secondary N) is 1. The first-order valence-electron chi connectivity index (χ1n) is 21.2. The lowest BCUT2D eigenvalue weighted by molar-refractivity contribution is -0.302. The average Bonchev–Trinajstić information content (AvgIpc) is 3.15. The first-order valence-corrected chi connectivity index (χ1v) is 21.2. The van der Waals surface area contributed by atoms with E-state index in [-0.39, 0.29) is 6.61 Å². The maximum atomic E-state index is 13.0. The fourth-order valence-electron chi connectivity index (χ4n) is 6.55. The molecule has 0 aromatic heterocycles. The van der Waals surface area contributed by atoms with Gasteiger partial charge in [0.1, 0.15) is 24.4 Å². The van der Waals surface area contributed by atoms with Gasteiger partial charge < -0.3 is 45.4 Å². The van der Waals surface area contributed by atoms with Crippen molar-refractivity contribution < 1.29 is 44.9 Å². The molecule has 0 aromatic carbocycles. The van der Waals surface area contributed by atoms with Crippen molar-refractivity contribution in [3.05, 3.63) is 36.0 Å². The summed E-state index contributed by atoms with van der Waals surface area (Å²) < 4.78 is 11.1. The minimum atomic E-state index is -1.62. The second kappa shape index (κ2) is 32.6. The molecule has 1 aliphatic rings. The minimum absolute atomic E-state index is 0.338. The van der Waals surface area contributed by atoms with Gasteiger partial charge in [-0.2, -0.15) is 0 Å². The van der Waals surface area contributed by atoms with Crippen molar-refractivity contribution in [2.45, 2.75) is 217 Å². The van der Waals surface area contributed by atoms with E-state index in [4.69, 9.17) is 9.47 Å². The van der Waals surface area contributed by atoms with Gasteiger partial charge in [-0.25, -0.2) is 0 Å². The van der Waals surface area contributed by atoms with Crippen molar-refractivity contribution in [3.63, 3.8) is 0 Å². The van der Waals surface area contributed by atoms with Gasteiger partial charge in [0.05, 0.1) is 25.4 Å². The van der Waals surface area contributed by atoms with Crippen LogP contribution in [0, 0.1) is 0 Å². The van der Waals surface area contributed by atoms with E-state index < -0.39 is 61.5 Å². The standard InChI is InChI=1S/C43H79NO9/c1-4-6-8-10-12-13-14-15-16-17-18-19-21-27-31-37(47)42(51)44-35(33-52-43-41(50)40(49)39(48)38(32-45)53-43)36(46)30-26-23-22-25-29-34(3)28-24-20-11-9-7-5-2/h26-27,29-31,35-41,43,45-50H,4-25,28,32-33H2,1-3H3,(H,44,51)/b30-26+,31-27+,34-29+/t35-,36-,37+,38+,39+,40-,41+,43+/m0/s1. The van der Waals surface area contributed by atoms with Crippen LogP contribution in [0.3, 0.4) is 0 Å². The number of hydrogen-bond donors (Lipinski definition) is 7. The van der Waals surface area contributed by atoms with Gasteiger partial charge >= 0.3 is 0 Å². The number of carbonyl (C=O) groups is 1. The van der Waals surface area contributed by atoms with Crippen LogP contribution in [-0.4, -0.2) is 98.7 Å². The molecule has 7 N–H and O–H groups in total. The molecule has 10 heteroatoms. The van der Waals surface area contributed by atoms with Crippen molar-refractivity contribution >= 4 is 5.91 Å². The van der Waals surface area contributed by atoms with Gasteiger partial charge in [-0.1, -0.05) is 153 Å². The number of unbranched alkanes of at least 4 members (excludes halogenated alkanes) is 19. The number of aliphatic hydroxyl groups excluding tert-OH is 6. The molecule has 0 spiro atoms. The van der Waals surface area contributed by atoms with Crippen molar-refractivity contribution in [1.82, 2.24) is 5.32 Å². The zero-order valence-electron chi connectivity index (χ0n) is 33.6. The number of allylic oxidation sites excluding steroid dienone is 4. The predicted octanol–water partition coefficient (Wildman–Crippen LogP) is 7.08. The molecule has 0 unspecified atom stereocenters. The molecular weight excluding hydrogens is 674 g/mol. The quantitative estimate of drug-likeness (QED) is 0.0274. The molecule has 0 bridgehead atoms. The minimum Gasteiger partial charge on any atom is -0.394 e. The first-order chi connectivity index (χ1) is 25.7. The molecule has 1 rings (SSSR count). The highest BCUT2D eigenvalue weighted by atomic mass is 16.7. The van der Waals surface area contributed by atoms with Gasteiger partial charge in [0.25, 0.3) is 5.91 Å². The molecule has 1 aliphatic heterocycles. The summed E-state index contributed by atoms with van der Waals surface area (Å²) in [5, 5.41) is 64.4. The van der Waals surface area contributed by atoms with Crippen molar-refractivity contribution in [1.29, 1.82) is 0 Å². The molecule has 8 atom stereocenters. The fraction of sp³-hybridized carbons (Fsp3) is 0.837. The second-order valence-corrected chi connectivity index (χ2v) is 15.1. The third-order valence-electron chi connectivity index (χ3n) is 10.2. The Morgan fingerprint density at radius 1 is 0.698 bits per heavy atom. The zero-order valence-corrected chi connectivity index (χ0v) is 33.6. The molecule has 1 saturated heterocycles. The summed E-state index contributed by atoms with van der Waals surface area (Å²) >= 11 is 0. The lowest BCUT2D eigenvalue weighted by atomic mass is 9.99. The number of amides is 1. The van der Waals surface area contributed by atoms with Crippen molar-refractivity contribution in [2.75, 3.05) is 13.2 Å². The van der Waals surface area contributed by atoms with Gasteiger partial charge in [0.2, 0.25) is 0 Å². The Bertz CT molecular complexity index is 971. The summed E-state index contributed by atoms with van der Waals surface area (Å²) in [7, 11) is 0. The number of rotatable bonds is 33. The molecule has 0 aromatic rings. The molecule has 0 aliphatic carbocycles. The molecule has 1 heterocycles. The summed E-state index contributed by atoms with van der Waals surface area (Å²) in [6, 6.07) is -1.02. The predicted molar refractivity (Wildman–Crippen MR) is 213 cm³/mol. The highest BCUT2D eigenvalue weighted by Gasteiger charge is 2.44. The van der Waals surface area contributed by atoms with Gasteiger partial charge in [0.15, 0.2) is 12.4 Å². The Hall–Kier alpha value is -1.63. The van der Waals surface area contributed by atoms with Gasteiger partial charge in [0, 0.05) is 0 Å². The molecule has 10 nitrogen and oxygen atoms in total. The van der Waals surface area contributed by atoms with E-state index in [1.165, 1.54) is 114 Å². The molecule has 1 fully saturated rings. The van der Waals surface area contributed by atoms with Crippen LogP contribution in [-0.2, 0) is 14.3 Å². The monoisotopic (exact) mass is 754 g/mol. The number of hydrogen-bond acceptors (Lipinski definition) is 9. The van der Waals surface area contributed by atoms with Crippen LogP contribution in [0.25, 0.3) is 0 Å². The Morgan fingerprint density at radius 2 is 1.23 bits per heavy atom. The average molecular weight is 754 g/mol. The summed E-state index contributed by atoms with van der Waals surface area (Å²) in [6.07, 6.45) is 26.2. The van der Waals surface area contributed by atoms with Crippen molar-refractivity contribution in [2.24, 2.45) is 0 Å². The van der Waals surface area contributed by atoms with Crippen LogP contribution >= 0.6 is 0 Å². The zero-order chi connectivity index (χ0) is 39.1. The Balaban J connectivity index is 2.58. The summed E-state index contributed by atoms with van der Waals surface area (Å²) in [5.41, 5.74) is 1.40. The Kier molecular flexibility index (Phi) is 30.4. The summed E-state index contributed by atoms with van der Waals surface area (Å²) in [5.74, 6) is -0.711. The number of aliphatic hydroxyl groups is 6. The lowest BCUT2D eigenvalue weighted by Gasteiger charge is -2.40. The summed E-state index contributed by atoms with van der Waals surface area (Å²) in [4.78, 5) is 13.0. The lowest BCUT2D eigenvalue weighted by Crippen LogP contribution is -2.60. The van der Waals surface area contributed by atoms with Crippen LogP contribution in [0.2, 0.25) is 0 Å². The van der Waals surface area contributed by atoms with Crippen LogP contribution in [0.4, 0.5) is 0 Å². The van der Waals surface area contributed by atoms with E-state index in [9.17, 15) is 35.4 Å². The molecular formula is C43H79NO9. The maximum Gasteiger partial charge on any atom is 0.253 e. The van der Waals surface area contributed by atoms with E-state index in [2.05, 4.69) is 32.2 Å². The largest absolute Gasteiger partial charge is 0.394 e. The van der Waals surface area contributed by atoms with Crippen LogP contribution in [0.15, 0.2) is 36.0 Å². The van der Waals surface area contributed by atoms with E-state index in [0.29, 0.717) is 0 Å². The third kappa shape index (κ3) is 23.8. The van der Waals surface area contributed by atoms with E-state index in [0.717, 1.165) is 44.9 Å². The van der Waals surface area contributed by atoms with Crippen LogP contribution < -0.4 is 5.32 Å². The molecule has 1 amide bonds. The SMILES string of the molecule is CCCCCCCCCCCCCC/C=C/[C@@H](O)C(=O)N[C@@H](CO[C@@H]1O[C@H](CO)[C@@H](O)[C@H](O)[C@H]1O)[C@@H](O)/C=C/CCC/C=C(\C)CCCCCCCC. The first kappa shape index (κ1) is 49.4. The third-order valence-corrected chi connectivity index (χ3v) is 10.2. The smallest absolute Gasteiger partial charge is 0.253 e. The van der Waals surface area contributed by atoms with E-state index in [1.54, 1.807) is 12.2 Å². The Morgan fingerprint density at radius 3 is 1.81 bits per heavy atom. The molecule has 0 saturated carbocycles. The highest BCUT2D eigenvalue weighted by molar-refractivity contribution is 5.82. The fourth-order valence-corrected chi connectivity index (χ4v) is 6.55. The van der Waals surface area contributed by atoms with Crippen molar-refractivity contribution in [3.8, 4) is 0 Å². The normalized spacial score (nSPS) is 22.8. The molecule has 53 heavy (non-hydrogen) atoms. The van der Waals surface area contributed by atoms with E-state index >= 15 is 0 Å². The van der Waals surface area contributed by atoms with Gasteiger partial charge in [-0.05, 0) is 51.9 Å². The number of carbonyl (C=O) groups excluding carboxylic acids is 1. The molecule has 0 radical (unpaired) electrons. The number of ether oxygens (including phenoxy) is 2. The van der Waals surface area contributed by atoms with Crippen LogP contribution in [0.5, 0.6) is 0 Å². The maximum absolute atomic E-state index is 13.0. The molecule has 310 valence electrons.